The van der Waals surface area contributed by atoms with E-state index in [1.54, 1.807) is 25.3 Å². The molecule has 7 heteroatoms. The Morgan fingerprint density at radius 1 is 1.37 bits per heavy atom. The van der Waals surface area contributed by atoms with Crippen molar-refractivity contribution >= 4 is 44.1 Å². The lowest BCUT2D eigenvalue weighted by molar-refractivity contribution is 0.0701. The number of nitrogens with one attached hydrogen (secondary N) is 1. The van der Waals surface area contributed by atoms with Crippen molar-refractivity contribution in [1.29, 1.82) is 0 Å². The summed E-state index contributed by atoms with van der Waals surface area (Å²) in [6.45, 7) is 1.69. The number of aromatic carboxylic acids is 1. The molecule has 0 aromatic carbocycles. The molecule has 0 unspecified atom stereocenters. The SMILES string of the molecule is Cc1cc(NC(=O)c2cncc(Br)c2)sc1C(=O)O. The molecule has 2 N–H and O–H groups in total. The van der Waals surface area contributed by atoms with Gasteiger partial charge in [-0.15, -0.1) is 11.3 Å². The van der Waals surface area contributed by atoms with Crippen molar-refractivity contribution < 1.29 is 14.7 Å². The van der Waals surface area contributed by atoms with E-state index in [1.165, 1.54) is 6.20 Å². The Hall–Kier alpha value is -1.73. The summed E-state index contributed by atoms with van der Waals surface area (Å²) in [5.74, 6) is -1.32. The van der Waals surface area contributed by atoms with Gasteiger partial charge in [0.05, 0.1) is 10.6 Å². The molecular formula is C12H9BrN2O3S. The van der Waals surface area contributed by atoms with Crippen LogP contribution in [0.2, 0.25) is 0 Å². The van der Waals surface area contributed by atoms with Gasteiger partial charge in [0, 0.05) is 16.9 Å². The topological polar surface area (TPSA) is 79.3 Å². The van der Waals surface area contributed by atoms with Crippen molar-refractivity contribution in [1.82, 2.24) is 4.98 Å². The van der Waals surface area contributed by atoms with E-state index >= 15 is 0 Å². The number of carboxylic acid groups (broad SMARTS) is 1. The minimum Gasteiger partial charge on any atom is -0.477 e. The zero-order valence-corrected chi connectivity index (χ0v) is 12.2. The smallest absolute Gasteiger partial charge is 0.346 e. The molecule has 2 rings (SSSR count). The fraction of sp³-hybridized carbons (Fsp3) is 0.0833. The summed E-state index contributed by atoms with van der Waals surface area (Å²) in [4.78, 5) is 27.0. The Labute approximate surface area is 121 Å². The van der Waals surface area contributed by atoms with Gasteiger partial charge in [0.2, 0.25) is 0 Å². The molecule has 2 aromatic rings. The number of pyridine rings is 1. The Morgan fingerprint density at radius 3 is 2.68 bits per heavy atom. The van der Waals surface area contributed by atoms with Crippen molar-refractivity contribution in [2.75, 3.05) is 5.32 Å². The molecular weight excluding hydrogens is 332 g/mol. The maximum atomic E-state index is 11.9. The van der Waals surface area contributed by atoms with Gasteiger partial charge < -0.3 is 10.4 Å². The molecule has 0 aliphatic rings. The van der Waals surface area contributed by atoms with Gasteiger partial charge in [0.15, 0.2) is 0 Å². The van der Waals surface area contributed by atoms with E-state index in [1.807, 2.05) is 0 Å². The standard InChI is InChI=1S/C12H9BrN2O3S/c1-6-2-9(19-10(6)12(17)18)15-11(16)7-3-8(13)5-14-4-7/h2-5H,1H3,(H,15,16)(H,17,18). The average molecular weight is 341 g/mol. The Kier molecular flexibility index (Phi) is 3.96. The fourth-order valence-corrected chi connectivity index (χ4v) is 2.75. The van der Waals surface area contributed by atoms with E-state index in [4.69, 9.17) is 5.11 Å². The molecule has 0 spiro atoms. The van der Waals surface area contributed by atoms with Crippen LogP contribution in [0.1, 0.15) is 25.6 Å². The Morgan fingerprint density at radius 2 is 2.11 bits per heavy atom. The highest BCUT2D eigenvalue weighted by molar-refractivity contribution is 9.10. The van der Waals surface area contributed by atoms with E-state index < -0.39 is 5.97 Å². The average Bonchev–Trinajstić information content (AvgIpc) is 2.70. The van der Waals surface area contributed by atoms with Crippen LogP contribution in [0.15, 0.2) is 29.0 Å². The quantitative estimate of drug-likeness (QED) is 0.899. The van der Waals surface area contributed by atoms with Crippen LogP contribution in [0, 0.1) is 6.92 Å². The number of anilines is 1. The first-order chi connectivity index (χ1) is 8.97. The van der Waals surface area contributed by atoms with E-state index in [9.17, 15) is 9.59 Å². The lowest BCUT2D eigenvalue weighted by Crippen LogP contribution is -2.11. The number of hydrogen-bond donors (Lipinski definition) is 2. The lowest BCUT2D eigenvalue weighted by Gasteiger charge is -2.02. The van der Waals surface area contributed by atoms with Crippen LogP contribution in [-0.2, 0) is 0 Å². The molecule has 98 valence electrons. The summed E-state index contributed by atoms with van der Waals surface area (Å²) in [7, 11) is 0. The first-order valence-corrected chi connectivity index (χ1v) is 6.84. The van der Waals surface area contributed by atoms with Gasteiger partial charge in [-0.05, 0) is 40.5 Å². The summed E-state index contributed by atoms with van der Waals surface area (Å²) >= 11 is 4.26. The molecule has 2 heterocycles. The summed E-state index contributed by atoms with van der Waals surface area (Å²) in [5, 5.41) is 12.1. The molecule has 0 saturated heterocycles. The zero-order chi connectivity index (χ0) is 14.0. The Balaban J connectivity index is 2.20. The van der Waals surface area contributed by atoms with Crippen LogP contribution in [0.25, 0.3) is 0 Å². The minimum atomic E-state index is -0.993. The van der Waals surface area contributed by atoms with Crippen LogP contribution >= 0.6 is 27.3 Å². The first-order valence-electron chi connectivity index (χ1n) is 5.23. The normalized spacial score (nSPS) is 10.2. The van der Waals surface area contributed by atoms with Crippen LogP contribution in [0.4, 0.5) is 5.00 Å². The molecule has 1 amide bonds. The molecule has 0 radical (unpaired) electrons. The highest BCUT2D eigenvalue weighted by Crippen LogP contribution is 2.27. The summed E-state index contributed by atoms with van der Waals surface area (Å²) in [6.07, 6.45) is 3.02. The van der Waals surface area contributed by atoms with Crippen molar-refractivity contribution in [2.45, 2.75) is 6.92 Å². The second kappa shape index (κ2) is 5.50. The molecule has 19 heavy (non-hydrogen) atoms. The van der Waals surface area contributed by atoms with Crippen molar-refractivity contribution in [3.63, 3.8) is 0 Å². The summed E-state index contributed by atoms with van der Waals surface area (Å²) < 4.78 is 0.703. The number of nitrogens with zero attached hydrogens (tertiary/aromatic N) is 1. The highest BCUT2D eigenvalue weighted by Gasteiger charge is 2.14. The second-order valence-electron chi connectivity index (χ2n) is 3.77. The molecule has 5 nitrogen and oxygen atoms in total. The van der Waals surface area contributed by atoms with E-state index in [2.05, 4.69) is 26.2 Å². The van der Waals surface area contributed by atoms with Gasteiger partial charge in [-0.3, -0.25) is 9.78 Å². The predicted molar refractivity (Wildman–Crippen MR) is 75.9 cm³/mol. The number of carbonyl (C=O) groups is 2. The Bertz CT molecular complexity index is 654. The highest BCUT2D eigenvalue weighted by atomic mass is 79.9. The molecule has 2 aromatic heterocycles. The maximum absolute atomic E-state index is 11.9. The fourth-order valence-electron chi connectivity index (χ4n) is 1.48. The molecule has 0 fully saturated rings. The lowest BCUT2D eigenvalue weighted by atomic mass is 10.2. The van der Waals surface area contributed by atoms with Crippen molar-refractivity contribution in [3.8, 4) is 0 Å². The number of carboxylic acids is 1. The summed E-state index contributed by atoms with van der Waals surface area (Å²) in [6, 6.07) is 3.28. The van der Waals surface area contributed by atoms with Crippen molar-refractivity contribution in [3.05, 3.63) is 45.0 Å². The van der Waals surface area contributed by atoms with Gasteiger partial charge in [-0.2, -0.15) is 0 Å². The van der Waals surface area contributed by atoms with E-state index in [0.717, 1.165) is 11.3 Å². The third-order valence-corrected chi connectivity index (χ3v) is 3.89. The van der Waals surface area contributed by atoms with Crippen LogP contribution in [-0.4, -0.2) is 22.0 Å². The number of carbonyl (C=O) groups excluding carboxylic acids is 1. The van der Waals surface area contributed by atoms with Crippen molar-refractivity contribution in [2.24, 2.45) is 0 Å². The number of aromatic nitrogens is 1. The van der Waals surface area contributed by atoms with E-state index in [0.29, 0.717) is 20.6 Å². The number of hydrogen-bond acceptors (Lipinski definition) is 4. The van der Waals surface area contributed by atoms with Gasteiger partial charge in [0.25, 0.3) is 5.91 Å². The van der Waals surface area contributed by atoms with Gasteiger partial charge in [-0.25, -0.2) is 4.79 Å². The zero-order valence-electron chi connectivity index (χ0n) is 9.81. The van der Waals surface area contributed by atoms with E-state index in [-0.39, 0.29) is 10.8 Å². The van der Waals surface area contributed by atoms with Gasteiger partial charge in [-0.1, -0.05) is 0 Å². The van der Waals surface area contributed by atoms with Crippen LogP contribution < -0.4 is 5.32 Å². The largest absolute Gasteiger partial charge is 0.477 e. The molecule has 0 bridgehead atoms. The molecule has 0 aliphatic carbocycles. The first kappa shape index (κ1) is 13.7. The second-order valence-corrected chi connectivity index (χ2v) is 5.74. The van der Waals surface area contributed by atoms with Crippen LogP contribution in [0.3, 0.4) is 0 Å². The number of thiophene rings is 1. The number of halogens is 1. The van der Waals surface area contributed by atoms with Crippen LogP contribution in [0.5, 0.6) is 0 Å². The monoisotopic (exact) mass is 340 g/mol. The number of rotatable bonds is 3. The summed E-state index contributed by atoms with van der Waals surface area (Å²) in [5.41, 5.74) is 1.03. The number of amides is 1. The third-order valence-electron chi connectivity index (χ3n) is 2.32. The number of aryl methyl sites for hydroxylation is 1. The minimum absolute atomic E-state index is 0.225. The third kappa shape index (κ3) is 3.18. The maximum Gasteiger partial charge on any atom is 0.346 e. The van der Waals surface area contributed by atoms with Gasteiger partial charge >= 0.3 is 5.97 Å². The predicted octanol–water partition coefficient (Wildman–Crippen LogP) is 3.16. The van der Waals surface area contributed by atoms with Gasteiger partial charge in [0.1, 0.15) is 4.88 Å². The molecule has 0 aliphatic heterocycles. The molecule has 0 saturated carbocycles. The molecule has 0 atom stereocenters.